The van der Waals surface area contributed by atoms with Gasteiger partial charge < -0.3 is 11.1 Å². The molecule has 0 aliphatic carbocycles. The Bertz CT molecular complexity index is 612. The molecule has 2 rings (SSSR count). The third-order valence-corrected chi connectivity index (χ3v) is 2.32. The van der Waals surface area contributed by atoms with Gasteiger partial charge in [0, 0.05) is 5.02 Å². The maximum absolute atomic E-state index is 11.2. The summed E-state index contributed by atoms with van der Waals surface area (Å²) in [5, 5.41) is 3.03. The van der Waals surface area contributed by atoms with Crippen LogP contribution < -0.4 is 11.1 Å². The molecule has 0 saturated heterocycles. The summed E-state index contributed by atoms with van der Waals surface area (Å²) in [5.41, 5.74) is 6.85. The lowest BCUT2D eigenvalue weighted by Gasteiger charge is -2.06. The van der Waals surface area contributed by atoms with Crippen LogP contribution in [0.25, 0.3) is 11.0 Å². The second kappa shape index (κ2) is 4.39. The monoisotopic (exact) mass is 248 g/mol. The van der Waals surface area contributed by atoms with Gasteiger partial charge in [0.1, 0.15) is 0 Å². The third-order valence-electron chi connectivity index (χ3n) is 2.08. The Morgan fingerprint density at radius 1 is 1.41 bits per heavy atom. The number of anilines is 2. The average Bonchev–Trinajstić information content (AvgIpc) is 2.30. The zero-order chi connectivity index (χ0) is 12.4. The molecule has 0 saturated carbocycles. The van der Waals surface area contributed by atoms with E-state index in [9.17, 15) is 4.79 Å². The Morgan fingerprint density at radius 2 is 2.18 bits per heavy atom. The molecule has 0 unspecified atom stereocenters. The lowest BCUT2D eigenvalue weighted by molar-refractivity contribution is -0.111. The molecule has 86 valence electrons. The summed E-state index contributed by atoms with van der Waals surface area (Å²) < 4.78 is 0. The van der Waals surface area contributed by atoms with Crippen molar-refractivity contribution in [2.45, 2.75) is 0 Å². The van der Waals surface area contributed by atoms with Gasteiger partial charge in [-0.2, -0.15) is 0 Å². The van der Waals surface area contributed by atoms with Crippen molar-refractivity contribution in [3.63, 3.8) is 0 Å². The van der Waals surface area contributed by atoms with E-state index in [1.165, 1.54) is 0 Å². The molecule has 3 N–H and O–H groups in total. The lowest BCUT2D eigenvalue weighted by atomic mass is 10.3. The van der Waals surface area contributed by atoms with Crippen LogP contribution in [0.5, 0.6) is 0 Å². The van der Waals surface area contributed by atoms with Crippen molar-refractivity contribution in [1.29, 1.82) is 0 Å². The summed E-state index contributed by atoms with van der Waals surface area (Å²) in [6.45, 7) is 3.34. The van der Waals surface area contributed by atoms with Gasteiger partial charge in [-0.1, -0.05) is 18.2 Å². The Balaban J connectivity index is 2.51. The highest BCUT2D eigenvalue weighted by molar-refractivity contribution is 6.31. The van der Waals surface area contributed by atoms with E-state index in [-0.39, 0.29) is 17.5 Å². The number of nitrogens with one attached hydrogen (secondary N) is 1. The van der Waals surface area contributed by atoms with E-state index in [4.69, 9.17) is 17.3 Å². The van der Waals surface area contributed by atoms with Crippen LogP contribution in [0.2, 0.25) is 5.02 Å². The van der Waals surface area contributed by atoms with Crippen LogP contribution in [-0.4, -0.2) is 15.9 Å². The Labute approximate surface area is 102 Å². The van der Waals surface area contributed by atoms with Gasteiger partial charge >= 0.3 is 0 Å². The Hall–Kier alpha value is -2.14. The van der Waals surface area contributed by atoms with E-state index in [1.54, 1.807) is 18.2 Å². The van der Waals surface area contributed by atoms with Gasteiger partial charge in [-0.25, -0.2) is 9.97 Å². The number of amides is 1. The standard InChI is InChI=1S/C11H9ClN4O/c1-2-9(17)16-11-10(13)14-8-5-6(12)3-4-7(8)15-11/h2-5H,1H2,(H2,13,14)(H,15,16,17). The largest absolute Gasteiger partial charge is 0.381 e. The molecule has 0 bridgehead atoms. The molecule has 0 fully saturated rings. The molecule has 1 heterocycles. The van der Waals surface area contributed by atoms with Gasteiger partial charge in [-0.05, 0) is 24.3 Å². The predicted octanol–water partition coefficient (Wildman–Crippen LogP) is 1.99. The van der Waals surface area contributed by atoms with Crippen LogP contribution in [0.1, 0.15) is 0 Å². The van der Waals surface area contributed by atoms with E-state index < -0.39 is 0 Å². The molecule has 0 atom stereocenters. The molecular weight excluding hydrogens is 240 g/mol. The molecule has 1 amide bonds. The summed E-state index contributed by atoms with van der Waals surface area (Å²) in [4.78, 5) is 19.4. The summed E-state index contributed by atoms with van der Waals surface area (Å²) in [5.74, 6) is -0.0426. The smallest absolute Gasteiger partial charge is 0.249 e. The minimum atomic E-state index is -0.390. The highest BCUT2D eigenvalue weighted by Gasteiger charge is 2.07. The number of fused-ring (bicyclic) bond motifs is 1. The molecule has 1 aromatic heterocycles. The molecule has 0 aliphatic rings. The third kappa shape index (κ3) is 2.34. The summed E-state index contributed by atoms with van der Waals surface area (Å²) in [6.07, 6.45) is 1.13. The predicted molar refractivity (Wildman–Crippen MR) is 67.8 cm³/mol. The van der Waals surface area contributed by atoms with Crippen LogP contribution in [0.3, 0.4) is 0 Å². The van der Waals surface area contributed by atoms with Crippen molar-refractivity contribution in [2.24, 2.45) is 0 Å². The van der Waals surface area contributed by atoms with Gasteiger partial charge in [0.15, 0.2) is 11.6 Å². The van der Waals surface area contributed by atoms with E-state index in [0.29, 0.717) is 16.1 Å². The van der Waals surface area contributed by atoms with E-state index in [0.717, 1.165) is 6.08 Å². The number of benzene rings is 1. The van der Waals surface area contributed by atoms with Crippen molar-refractivity contribution in [1.82, 2.24) is 9.97 Å². The van der Waals surface area contributed by atoms with Crippen molar-refractivity contribution >= 4 is 40.2 Å². The van der Waals surface area contributed by atoms with Crippen LogP contribution in [0, 0.1) is 0 Å². The topological polar surface area (TPSA) is 80.9 Å². The normalized spacial score (nSPS) is 10.2. The summed E-state index contributed by atoms with van der Waals surface area (Å²) in [6, 6.07) is 5.04. The minimum absolute atomic E-state index is 0.134. The van der Waals surface area contributed by atoms with Gasteiger partial charge in [0.25, 0.3) is 0 Å². The van der Waals surface area contributed by atoms with Crippen LogP contribution in [0.15, 0.2) is 30.9 Å². The molecule has 0 aliphatic heterocycles. The van der Waals surface area contributed by atoms with Crippen LogP contribution in [-0.2, 0) is 4.79 Å². The molecule has 5 nitrogen and oxygen atoms in total. The fourth-order valence-corrected chi connectivity index (χ4v) is 1.47. The number of nitrogens with zero attached hydrogens (tertiary/aromatic N) is 2. The molecule has 17 heavy (non-hydrogen) atoms. The van der Waals surface area contributed by atoms with Gasteiger partial charge in [-0.3, -0.25) is 4.79 Å². The fraction of sp³-hybridized carbons (Fsp3) is 0. The number of nitrogen functional groups attached to an aromatic ring is 1. The number of rotatable bonds is 2. The highest BCUT2D eigenvalue weighted by atomic mass is 35.5. The molecule has 2 aromatic rings. The van der Waals surface area contributed by atoms with Crippen LogP contribution in [0.4, 0.5) is 11.6 Å². The zero-order valence-electron chi connectivity index (χ0n) is 8.77. The summed E-state index contributed by atoms with van der Waals surface area (Å²) >= 11 is 5.83. The van der Waals surface area contributed by atoms with Crippen molar-refractivity contribution in [2.75, 3.05) is 11.1 Å². The lowest BCUT2D eigenvalue weighted by Crippen LogP contribution is -2.12. The minimum Gasteiger partial charge on any atom is -0.381 e. The molecule has 1 aromatic carbocycles. The van der Waals surface area contributed by atoms with E-state index in [1.807, 2.05) is 0 Å². The molecular formula is C11H9ClN4O. The second-order valence-corrected chi connectivity index (χ2v) is 3.72. The van der Waals surface area contributed by atoms with Gasteiger partial charge in [-0.15, -0.1) is 0 Å². The van der Waals surface area contributed by atoms with Crippen molar-refractivity contribution in [3.05, 3.63) is 35.9 Å². The first-order chi connectivity index (χ1) is 8.10. The van der Waals surface area contributed by atoms with Gasteiger partial charge in [0.2, 0.25) is 5.91 Å². The number of carbonyl (C=O) groups is 1. The molecule has 6 heteroatoms. The van der Waals surface area contributed by atoms with E-state index in [2.05, 4.69) is 21.9 Å². The summed E-state index contributed by atoms with van der Waals surface area (Å²) in [7, 11) is 0. The maximum Gasteiger partial charge on any atom is 0.249 e. The number of carbonyl (C=O) groups excluding carboxylic acids is 1. The van der Waals surface area contributed by atoms with Crippen molar-refractivity contribution < 1.29 is 4.79 Å². The fourth-order valence-electron chi connectivity index (χ4n) is 1.30. The maximum atomic E-state index is 11.2. The number of halogens is 1. The second-order valence-electron chi connectivity index (χ2n) is 3.28. The van der Waals surface area contributed by atoms with E-state index >= 15 is 0 Å². The average molecular weight is 249 g/mol. The SMILES string of the molecule is C=CC(=O)Nc1nc2ccc(Cl)cc2nc1N. The Kier molecular flexibility index (Phi) is 2.93. The van der Waals surface area contributed by atoms with Crippen LogP contribution >= 0.6 is 11.6 Å². The quantitative estimate of drug-likeness (QED) is 0.797. The Morgan fingerprint density at radius 3 is 2.88 bits per heavy atom. The van der Waals surface area contributed by atoms with Crippen molar-refractivity contribution in [3.8, 4) is 0 Å². The molecule has 0 spiro atoms. The number of aromatic nitrogens is 2. The first-order valence-corrected chi connectivity index (χ1v) is 5.14. The first-order valence-electron chi connectivity index (χ1n) is 4.76. The number of hydrogen-bond acceptors (Lipinski definition) is 4. The highest BCUT2D eigenvalue weighted by Crippen LogP contribution is 2.21. The zero-order valence-corrected chi connectivity index (χ0v) is 9.53. The first kappa shape index (κ1) is 11.3. The number of nitrogens with two attached hydrogens (primary N) is 1. The van der Waals surface area contributed by atoms with Gasteiger partial charge in [0.05, 0.1) is 11.0 Å². The number of hydrogen-bond donors (Lipinski definition) is 2. The molecule has 0 radical (unpaired) electrons.